The molecule has 0 heterocycles. The van der Waals surface area contributed by atoms with Gasteiger partial charge in [-0.05, 0) is 25.0 Å². The molecule has 0 aliphatic carbocycles. The van der Waals surface area contributed by atoms with E-state index in [9.17, 15) is 9.59 Å². The lowest BCUT2D eigenvalue weighted by Crippen LogP contribution is -2.33. The minimum atomic E-state index is -0.547. The largest absolute Gasteiger partial charge is 0.368 e. The van der Waals surface area contributed by atoms with Gasteiger partial charge in [0.25, 0.3) is 5.91 Å². The molecule has 4 nitrogen and oxygen atoms in total. The second kappa shape index (κ2) is 4.59. The Morgan fingerprint density at radius 3 is 2.27 bits per heavy atom. The van der Waals surface area contributed by atoms with Gasteiger partial charge in [0, 0.05) is 5.56 Å². The molecule has 1 aromatic rings. The Bertz CT molecular complexity index is 379. The molecule has 0 atom stereocenters. The summed E-state index contributed by atoms with van der Waals surface area (Å²) in [6.45, 7) is 3.57. The van der Waals surface area contributed by atoms with Gasteiger partial charge in [0.15, 0.2) is 0 Å². The van der Waals surface area contributed by atoms with Crippen LogP contribution in [0.5, 0.6) is 0 Å². The Balaban J connectivity index is 2.86. The van der Waals surface area contributed by atoms with Crippen LogP contribution in [-0.2, 0) is 4.79 Å². The molecule has 0 spiro atoms. The van der Waals surface area contributed by atoms with Crippen molar-refractivity contribution in [1.29, 1.82) is 0 Å². The van der Waals surface area contributed by atoms with E-state index in [1.807, 2.05) is 32.0 Å². The number of carbonyl (C=O) groups excluding carboxylic acids is 2. The molecule has 0 fully saturated rings. The number of nitrogens with two attached hydrogens (primary N) is 1. The highest BCUT2D eigenvalue weighted by atomic mass is 16.2. The highest BCUT2D eigenvalue weighted by molar-refractivity contribution is 5.98. The molecule has 1 aromatic carbocycles. The van der Waals surface area contributed by atoms with Crippen LogP contribution in [0, 0.1) is 13.8 Å². The summed E-state index contributed by atoms with van der Waals surface area (Å²) in [6.07, 6.45) is 0. The highest BCUT2D eigenvalue weighted by Crippen LogP contribution is 2.12. The summed E-state index contributed by atoms with van der Waals surface area (Å²) in [5.41, 5.74) is 7.32. The zero-order valence-electron chi connectivity index (χ0n) is 8.83. The standard InChI is InChI=1S/C11H14N2O2/c1-7-4-3-5-8(2)10(7)11(15)13-6-9(12)14/h3-5H,6H2,1-2H3,(H2,12,14)(H,13,15). The van der Waals surface area contributed by atoms with Gasteiger partial charge < -0.3 is 11.1 Å². The topological polar surface area (TPSA) is 72.2 Å². The third-order valence-corrected chi connectivity index (χ3v) is 2.13. The molecule has 0 saturated carbocycles. The van der Waals surface area contributed by atoms with Crippen molar-refractivity contribution in [2.24, 2.45) is 5.73 Å². The third-order valence-electron chi connectivity index (χ3n) is 2.13. The average molecular weight is 206 g/mol. The lowest BCUT2D eigenvalue weighted by Gasteiger charge is -2.08. The number of hydrogen-bond donors (Lipinski definition) is 2. The Labute approximate surface area is 88.5 Å². The predicted octanol–water partition coefficient (Wildman–Crippen LogP) is 0.519. The summed E-state index contributed by atoms with van der Waals surface area (Å²) in [6, 6.07) is 5.59. The quantitative estimate of drug-likeness (QED) is 0.756. The zero-order valence-corrected chi connectivity index (χ0v) is 8.83. The summed E-state index contributed by atoms with van der Waals surface area (Å²) >= 11 is 0. The van der Waals surface area contributed by atoms with Gasteiger partial charge in [0.1, 0.15) is 0 Å². The first-order valence-corrected chi connectivity index (χ1v) is 4.65. The Morgan fingerprint density at radius 1 is 1.27 bits per heavy atom. The fourth-order valence-corrected chi connectivity index (χ4v) is 1.43. The monoisotopic (exact) mass is 206 g/mol. The highest BCUT2D eigenvalue weighted by Gasteiger charge is 2.11. The first-order valence-electron chi connectivity index (χ1n) is 4.65. The number of nitrogens with one attached hydrogen (secondary N) is 1. The van der Waals surface area contributed by atoms with Gasteiger partial charge in [-0.15, -0.1) is 0 Å². The minimum absolute atomic E-state index is 0.132. The second-order valence-corrected chi connectivity index (χ2v) is 3.42. The summed E-state index contributed by atoms with van der Waals surface area (Å²) in [5, 5.41) is 2.47. The van der Waals surface area contributed by atoms with Crippen LogP contribution in [0.15, 0.2) is 18.2 Å². The minimum Gasteiger partial charge on any atom is -0.368 e. The van der Waals surface area contributed by atoms with Crippen LogP contribution in [0.1, 0.15) is 21.5 Å². The molecule has 1 rings (SSSR count). The summed E-state index contributed by atoms with van der Waals surface area (Å²) in [5.74, 6) is -0.806. The number of aryl methyl sites for hydroxylation is 2. The van der Waals surface area contributed by atoms with Crippen molar-refractivity contribution >= 4 is 11.8 Å². The van der Waals surface area contributed by atoms with Crippen molar-refractivity contribution in [3.63, 3.8) is 0 Å². The smallest absolute Gasteiger partial charge is 0.252 e. The predicted molar refractivity (Wildman–Crippen MR) is 57.4 cm³/mol. The van der Waals surface area contributed by atoms with Crippen molar-refractivity contribution in [2.45, 2.75) is 13.8 Å². The van der Waals surface area contributed by atoms with Crippen LogP contribution in [0.4, 0.5) is 0 Å². The molecule has 0 radical (unpaired) electrons. The number of rotatable bonds is 3. The molecule has 0 saturated heterocycles. The fourth-order valence-electron chi connectivity index (χ4n) is 1.43. The van der Waals surface area contributed by atoms with Gasteiger partial charge in [-0.25, -0.2) is 0 Å². The van der Waals surface area contributed by atoms with Crippen LogP contribution in [0.3, 0.4) is 0 Å². The lowest BCUT2D eigenvalue weighted by molar-refractivity contribution is -0.117. The van der Waals surface area contributed by atoms with E-state index in [1.165, 1.54) is 0 Å². The van der Waals surface area contributed by atoms with Gasteiger partial charge in [-0.1, -0.05) is 18.2 Å². The molecule has 0 aromatic heterocycles. The SMILES string of the molecule is Cc1cccc(C)c1C(=O)NCC(N)=O. The molecular formula is C11H14N2O2. The zero-order chi connectivity index (χ0) is 11.4. The van der Waals surface area contributed by atoms with E-state index in [0.29, 0.717) is 5.56 Å². The molecule has 80 valence electrons. The van der Waals surface area contributed by atoms with Gasteiger partial charge in [0.2, 0.25) is 5.91 Å². The molecule has 3 N–H and O–H groups in total. The van der Waals surface area contributed by atoms with E-state index in [4.69, 9.17) is 5.73 Å². The molecule has 4 heteroatoms. The van der Waals surface area contributed by atoms with E-state index in [1.54, 1.807) is 0 Å². The first-order chi connectivity index (χ1) is 7.02. The van der Waals surface area contributed by atoms with E-state index in [0.717, 1.165) is 11.1 Å². The normalized spacial score (nSPS) is 9.73. The van der Waals surface area contributed by atoms with Gasteiger partial charge >= 0.3 is 0 Å². The van der Waals surface area contributed by atoms with Crippen LogP contribution in [-0.4, -0.2) is 18.4 Å². The van der Waals surface area contributed by atoms with E-state index in [-0.39, 0.29) is 12.5 Å². The van der Waals surface area contributed by atoms with E-state index < -0.39 is 5.91 Å². The Hall–Kier alpha value is -1.84. The molecule has 0 unspecified atom stereocenters. The summed E-state index contributed by atoms with van der Waals surface area (Å²) < 4.78 is 0. The van der Waals surface area contributed by atoms with Crippen LogP contribution in [0.2, 0.25) is 0 Å². The molecular weight excluding hydrogens is 192 g/mol. The summed E-state index contributed by atoms with van der Waals surface area (Å²) in [7, 11) is 0. The average Bonchev–Trinajstić information content (AvgIpc) is 2.14. The van der Waals surface area contributed by atoms with Crippen molar-refractivity contribution in [3.05, 3.63) is 34.9 Å². The van der Waals surface area contributed by atoms with Crippen molar-refractivity contribution in [1.82, 2.24) is 5.32 Å². The number of benzene rings is 1. The molecule has 2 amide bonds. The van der Waals surface area contributed by atoms with E-state index in [2.05, 4.69) is 5.32 Å². The molecule has 0 bridgehead atoms. The molecule has 15 heavy (non-hydrogen) atoms. The third kappa shape index (κ3) is 2.80. The van der Waals surface area contributed by atoms with E-state index >= 15 is 0 Å². The maximum atomic E-state index is 11.7. The van der Waals surface area contributed by atoms with Crippen LogP contribution >= 0.6 is 0 Å². The Morgan fingerprint density at radius 2 is 1.80 bits per heavy atom. The van der Waals surface area contributed by atoms with Crippen molar-refractivity contribution in [3.8, 4) is 0 Å². The van der Waals surface area contributed by atoms with Gasteiger partial charge in [0.05, 0.1) is 6.54 Å². The number of carbonyl (C=O) groups is 2. The van der Waals surface area contributed by atoms with Crippen LogP contribution in [0.25, 0.3) is 0 Å². The van der Waals surface area contributed by atoms with Gasteiger partial charge in [-0.3, -0.25) is 9.59 Å². The van der Waals surface area contributed by atoms with Crippen molar-refractivity contribution in [2.75, 3.05) is 6.54 Å². The molecule has 0 aliphatic heterocycles. The number of primary amides is 1. The number of amides is 2. The van der Waals surface area contributed by atoms with Gasteiger partial charge in [-0.2, -0.15) is 0 Å². The fraction of sp³-hybridized carbons (Fsp3) is 0.273. The maximum Gasteiger partial charge on any atom is 0.252 e. The summed E-state index contributed by atoms with van der Waals surface area (Å²) in [4.78, 5) is 22.2. The number of hydrogen-bond acceptors (Lipinski definition) is 2. The maximum absolute atomic E-state index is 11.7. The van der Waals surface area contributed by atoms with Crippen molar-refractivity contribution < 1.29 is 9.59 Å². The lowest BCUT2D eigenvalue weighted by atomic mass is 10.0. The first kappa shape index (κ1) is 11.2. The van der Waals surface area contributed by atoms with Crippen LogP contribution < -0.4 is 11.1 Å². The second-order valence-electron chi connectivity index (χ2n) is 3.42. The molecule has 0 aliphatic rings. The Kier molecular flexibility index (Phi) is 3.44.